The molecule has 0 aliphatic carbocycles. The molecular weight excluding hydrogens is 198 g/mol. The molecule has 0 amide bonds. The molecule has 2 aliphatic rings. The van der Waals surface area contributed by atoms with Crippen molar-refractivity contribution in [3.8, 4) is 0 Å². The zero-order valence-corrected chi connectivity index (χ0v) is 7.78. The van der Waals surface area contributed by atoms with Crippen molar-refractivity contribution in [2.45, 2.75) is 18.6 Å². The topological polar surface area (TPSA) is 72.7 Å². The average molecular weight is 207 g/mol. The minimum absolute atomic E-state index is 0.0668. The van der Waals surface area contributed by atoms with Gasteiger partial charge >= 0.3 is 16.3 Å². The van der Waals surface area contributed by atoms with Gasteiger partial charge in [0.15, 0.2) is 6.10 Å². The summed E-state index contributed by atoms with van der Waals surface area (Å²) < 4.78 is 32.5. The van der Waals surface area contributed by atoms with Crippen molar-refractivity contribution in [1.82, 2.24) is 4.31 Å². The first-order valence-corrected chi connectivity index (χ1v) is 5.19. The van der Waals surface area contributed by atoms with Crippen molar-refractivity contribution in [3.05, 3.63) is 0 Å². The Balaban J connectivity index is 2.14. The third kappa shape index (κ3) is 1.43. The van der Waals surface area contributed by atoms with E-state index < -0.39 is 22.4 Å². The highest BCUT2D eigenvalue weighted by Crippen LogP contribution is 2.34. The summed E-state index contributed by atoms with van der Waals surface area (Å²) in [5.74, 6) is -0.630. The van der Waals surface area contributed by atoms with Gasteiger partial charge in [-0.25, -0.2) is 8.98 Å². The Morgan fingerprint density at radius 1 is 1.62 bits per heavy atom. The van der Waals surface area contributed by atoms with Gasteiger partial charge in [0.2, 0.25) is 0 Å². The fourth-order valence-corrected chi connectivity index (χ4v) is 2.75. The van der Waals surface area contributed by atoms with E-state index in [1.54, 1.807) is 0 Å². The largest absolute Gasteiger partial charge is 0.467 e. The van der Waals surface area contributed by atoms with Crippen LogP contribution in [0, 0.1) is 0 Å². The number of fused-ring (bicyclic) bond motifs is 1. The summed E-state index contributed by atoms with van der Waals surface area (Å²) in [7, 11) is -2.45. The van der Waals surface area contributed by atoms with Crippen molar-refractivity contribution >= 4 is 16.3 Å². The Morgan fingerprint density at radius 3 is 2.85 bits per heavy atom. The molecule has 74 valence electrons. The molecule has 0 bridgehead atoms. The fraction of sp³-hybridized carbons (Fsp3) is 0.833. The second-order valence-corrected chi connectivity index (χ2v) is 4.54. The van der Waals surface area contributed by atoms with E-state index in [0.29, 0.717) is 13.0 Å². The second-order valence-electron chi connectivity index (χ2n) is 3.02. The molecule has 2 heterocycles. The van der Waals surface area contributed by atoms with Crippen LogP contribution in [0.2, 0.25) is 0 Å². The van der Waals surface area contributed by atoms with E-state index in [1.165, 1.54) is 11.4 Å². The van der Waals surface area contributed by atoms with E-state index in [9.17, 15) is 13.2 Å². The molecule has 2 rings (SSSR count). The molecule has 3 atom stereocenters. The van der Waals surface area contributed by atoms with E-state index in [-0.39, 0.29) is 6.04 Å². The Bertz CT molecular complexity index is 337. The number of hydrogen-bond acceptors (Lipinski definition) is 5. The third-order valence-electron chi connectivity index (χ3n) is 2.14. The molecule has 7 heteroatoms. The van der Waals surface area contributed by atoms with Crippen LogP contribution in [-0.4, -0.2) is 44.5 Å². The van der Waals surface area contributed by atoms with Gasteiger partial charge in [-0.05, 0) is 0 Å². The van der Waals surface area contributed by atoms with Gasteiger partial charge in [-0.1, -0.05) is 0 Å². The molecule has 1 unspecified atom stereocenters. The Labute approximate surface area is 75.7 Å². The van der Waals surface area contributed by atoms with Crippen LogP contribution in [0.4, 0.5) is 0 Å². The predicted molar refractivity (Wildman–Crippen MR) is 40.9 cm³/mol. The lowest BCUT2D eigenvalue weighted by Gasteiger charge is -2.19. The fourth-order valence-electron chi connectivity index (χ4n) is 1.38. The van der Waals surface area contributed by atoms with Crippen molar-refractivity contribution < 1.29 is 22.1 Å². The van der Waals surface area contributed by atoms with Crippen LogP contribution >= 0.6 is 0 Å². The number of esters is 1. The molecule has 0 aromatic heterocycles. The molecule has 0 radical (unpaired) electrons. The molecule has 2 fully saturated rings. The summed E-state index contributed by atoms with van der Waals surface area (Å²) in [4.78, 5) is 11.0. The Hall–Kier alpha value is -0.660. The standard InChI is InChI=1S/C6H9NO5S/c1-11-6(8)5-2-4-3-7(4)13(9,10)12-5/h4-5H,2-3H2,1H3/t4-,5+,7?/m1/s1. The lowest BCUT2D eigenvalue weighted by molar-refractivity contribution is -0.149. The van der Waals surface area contributed by atoms with Gasteiger partial charge in [0.25, 0.3) is 0 Å². The summed E-state index contributed by atoms with van der Waals surface area (Å²) >= 11 is 0. The van der Waals surface area contributed by atoms with E-state index in [2.05, 4.69) is 8.92 Å². The van der Waals surface area contributed by atoms with Crippen molar-refractivity contribution in [2.75, 3.05) is 13.7 Å². The van der Waals surface area contributed by atoms with E-state index in [0.717, 1.165) is 0 Å². The van der Waals surface area contributed by atoms with Crippen LogP contribution in [0.1, 0.15) is 6.42 Å². The first-order valence-electron chi connectivity index (χ1n) is 3.82. The van der Waals surface area contributed by atoms with Crippen molar-refractivity contribution in [2.24, 2.45) is 0 Å². The minimum Gasteiger partial charge on any atom is -0.467 e. The summed E-state index contributed by atoms with van der Waals surface area (Å²) in [6, 6.07) is -0.0668. The Morgan fingerprint density at radius 2 is 2.31 bits per heavy atom. The number of methoxy groups -OCH3 is 1. The molecule has 2 aliphatic heterocycles. The van der Waals surface area contributed by atoms with Gasteiger partial charge in [0, 0.05) is 19.0 Å². The van der Waals surface area contributed by atoms with Crippen LogP contribution < -0.4 is 0 Å². The van der Waals surface area contributed by atoms with Gasteiger partial charge in [0.1, 0.15) is 0 Å². The number of hydrogen-bond donors (Lipinski definition) is 0. The number of ether oxygens (including phenoxy) is 1. The summed E-state index contributed by atoms with van der Waals surface area (Å²) in [5.41, 5.74) is 0. The SMILES string of the molecule is COC(=O)[C@@H]1C[C@@H]2CN2S(=O)(=O)O1. The van der Waals surface area contributed by atoms with Gasteiger partial charge in [-0.15, -0.1) is 0 Å². The van der Waals surface area contributed by atoms with Gasteiger partial charge in [0.05, 0.1) is 7.11 Å². The van der Waals surface area contributed by atoms with Gasteiger partial charge < -0.3 is 4.74 Å². The lowest BCUT2D eigenvalue weighted by atomic mass is 10.2. The van der Waals surface area contributed by atoms with Crippen LogP contribution in [-0.2, 0) is 24.0 Å². The monoisotopic (exact) mass is 207 g/mol. The summed E-state index contributed by atoms with van der Waals surface area (Å²) in [6.45, 7) is 0.454. The molecule has 0 aromatic carbocycles. The highest BCUT2D eigenvalue weighted by molar-refractivity contribution is 7.84. The van der Waals surface area contributed by atoms with Crippen LogP contribution in [0.3, 0.4) is 0 Å². The summed E-state index contributed by atoms with van der Waals surface area (Å²) in [5, 5.41) is 0. The Kier molecular flexibility index (Phi) is 1.83. The van der Waals surface area contributed by atoms with Crippen LogP contribution in [0.15, 0.2) is 0 Å². The normalized spacial score (nSPS) is 40.5. The zero-order chi connectivity index (χ0) is 9.64. The highest BCUT2D eigenvalue weighted by Gasteiger charge is 2.53. The van der Waals surface area contributed by atoms with Crippen LogP contribution in [0.5, 0.6) is 0 Å². The van der Waals surface area contributed by atoms with Crippen LogP contribution in [0.25, 0.3) is 0 Å². The number of nitrogens with zero attached hydrogens (tertiary/aromatic N) is 1. The zero-order valence-electron chi connectivity index (χ0n) is 6.97. The molecule has 2 saturated heterocycles. The quantitative estimate of drug-likeness (QED) is 0.402. The number of carbonyl (C=O) groups excluding carboxylic acids is 1. The number of rotatable bonds is 1. The smallest absolute Gasteiger partial charge is 0.339 e. The van der Waals surface area contributed by atoms with Gasteiger partial charge in [-0.3, -0.25) is 0 Å². The van der Waals surface area contributed by atoms with Crippen molar-refractivity contribution in [1.29, 1.82) is 0 Å². The molecule has 0 saturated carbocycles. The summed E-state index contributed by atoms with van der Waals surface area (Å²) in [6.07, 6.45) is -0.565. The second kappa shape index (κ2) is 2.66. The molecule has 6 nitrogen and oxygen atoms in total. The predicted octanol–water partition coefficient (Wildman–Crippen LogP) is -1.12. The minimum atomic E-state index is -3.66. The highest BCUT2D eigenvalue weighted by atomic mass is 32.2. The van der Waals surface area contributed by atoms with E-state index in [4.69, 9.17) is 0 Å². The first-order chi connectivity index (χ1) is 6.04. The number of carbonyl (C=O) groups is 1. The van der Waals surface area contributed by atoms with E-state index >= 15 is 0 Å². The maximum Gasteiger partial charge on any atom is 0.339 e. The maximum atomic E-state index is 11.1. The molecule has 0 spiro atoms. The third-order valence-corrected chi connectivity index (χ3v) is 3.64. The van der Waals surface area contributed by atoms with Crippen molar-refractivity contribution in [3.63, 3.8) is 0 Å². The van der Waals surface area contributed by atoms with Gasteiger partial charge in [-0.2, -0.15) is 12.7 Å². The maximum absolute atomic E-state index is 11.1. The average Bonchev–Trinajstić information content (AvgIpc) is 2.81. The lowest BCUT2D eigenvalue weighted by Crippen LogP contribution is -2.37. The molecule has 0 N–H and O–H groups in total. The first kappa shape index (κ1) is 8.92. The molecule has 13 heavy (non-hydrogen) atoms. The molecule has 0 aromatic rings. The molecular formula is C6H9NO5S. The van der Waals surface area contributed by atoms with E-state index in [1.807, 2.05) is 0 Å².